The summed E-state index contributed by atoms with van der Waals surface area (Å²) in [7, 11) is 1.63. The Morgan fingerprint density at radius 2 is 1.94 bits per heavy atom. The van der Waals surface area contributed by atoms with Crippen molar-refractivity contribution in [1.82, 2.24) is 5.32 Å². The Morgan fingerprint density at radius 1 is 1.38 bits per heavy atom. The summed E-state index contributed by atoms with van der Waals surface area (Å²) < 4.78 is 5.07. The number of methoxy groups -OCH3 is 1. The average Bonchev–Trinajstić information content (AvgIpc) is 2.17. The maximum absolute atomic E-state index is 12.1. The van der Waals surface area contributed by atoms with E-state index in [-0.39, 0.29) is 11.4 Å². The molecule has 0 heterocycles. The van der Waals surface area contributed by atoms with E-state index in [9.17, 15) is 4.79 Å². The molecule has 0 aromatic rings. The van der Waals surface area contributed by atoms with Gasteiger partial charge in [-0.3, -0.25) is 4.79 Å². The number of ether oxygens (including phenoxy) is 1. The van der Waals surface area contributed by atoms with Gasteiger partial charge in [0.1, 0.15) is 0 Å². The summed E-state index contributed by atoms with van der Waals surface area (Å²) in [6, 6.07) is 0. The zero-order valence-electron chi connectivity index (χ0n) is 10.6. The first-order chi connectivity index (χ1) is 7.40. The van der Waals surface area contributed by atoms with Crippen molar-refractivity contribution in [2.75, 3.05) is 13.7 Å². The number of rotatable bonds is 4. The Bertz CT molecular complexity index is 245. The molecule has 0 unspecified atom stereocenters. The molecule has 0 aromatic heterocycles. The fourth-order valence-electron chi connectivity index (χ4n) is 2.24. The van der Waals surface area contributed by atoms with E-state index in [2.05, 4.69) is 5.32 Å². The predicted octanol–water partition coefficient (Wildman–Crippen LogP) is 1.19. The molecule has 4 nitrogen and oxygen atoms in total. The molecular weight excluding hydrogens is 204 g/mol. The number of carbonyl (C=O) groups excluding carboxylic acids is 1. The quantitative estimate of drug-likeness (QED) is 0.759. The van der Waals surface area contributed by atoms with Gasteiger partial charge in [-0.2, -0.15) is 0 Å². The lowest BCUT2D eigenvalue weighted by molar-refractivity contribution is -0.129. The fourth-order valence-corrected chi connectivity index (χ4v) is 2.24. The van der Waals surface area contributed by atoms with Crippen molar-refractivity contribution < 1.29 is 9.53 Å². The van der Waals surface area contributed by atoms with Crippen LogP contribution in [0.4, 0.5) is 0 Å². The highest BCUT2D eigenvalue weighted by molar-refractivity contribution is 5.86. The van der Waals surface area contributed by atoms with Crippen molar-refractivity contribution in [3.8, 4) is 0 Å². The van der Waals surface area contributed by atoms with Crippen LogP contribution in [-0.2, 0) is 9.53 Å². The molecule has 1 aliphatic rings. The second kappa shape index (κ2) is 5.15. The molecule has 94 valence electrons. The van der Waals surface area contributed by atoms with Gasteiger partial charge in [0, 0.05) is 7.11 Å². The molecule has 0 radical (unpaired) electrons. The van der Waals surface area contributed by atoms with E-state index in [1.807, 2.05) is 13.8 Å². The number of hydrogen-bond donors (Lipinski definition) is 2. The van der Waals surface area contributed by atoms with Crippen LogP contribution in [0, 0.1) is 0 Å². The fraction of sp³-hybridized carbons (Fsp3) is 0.917. The predicted molar refractivity (Wildman–Crippen MR) is 64.1 cm³/mol. The van der Waals surface area contributed by atoms with Gasteiger partial charge < -0.3 is 15.8 Å². The Balaban J connectivity index is 2.56. The third kappa shape index (κ3) is 3.46. The van der Waals surface area contributed by atoms with Gasteiger partial charge in [-0.1, -0.05) is 19.3 Å². The maximum atomic E-state index is 12.1. The molecular formula is C12H24N2O2. The van der Waals surface area contributed by atoms with Gasteiger partial charge in [0.15, 0.2) is 0 Å². The molecule has 1 saturated carbocycles. The van der Waals surface area contributed by atoms with Gasteiger partial charge in [-0.25, -0.2) is 0 Å². The first-order valence-electron chi connectivity index (χ1n) is 6.00. The summed E-state index contributed by atoms with van der Waals surface area (Å²) in [6.45, 7) is 4.38. The maximum Gasteiger partial charge on any atom is 0.240 e. The van der Waals surface area contributed by atoms with Crippen LogP contribution in [0.15, 0.2) is 0 Å². The average molecular weight is 228 g/mol. The van der Waals surface area contributed by atoms with Crippen LogP contribution in [0.3, 0.4) is 0 Å². The molecule has 0 atom stereocenters. The van der Waals surface area contributed by atoms with Gasteiger partial charge >= 0.3 is 0 Å². The minimum atomic E-state index is -0.663. The number of carbonyl (C=O) groups is 1. The zero-order valence-corrected chi connectivity index (χ0v) is 10.6. The molecule has 1 aliphatic carbocycles. The van der Waals surface area contributed by atoms with Crippen molar-refractivity contribution >= 4 is 5.91 Å². The second-order valence-corrected chi connectivity index (χ2v) is 5.49. The van der Waals surface area contributed by atoms with Gasteiger partial charge in [-0.15, -0.1) is 0 Å². The van der Waals surface area contributed by atoms with E-state index in [1.165, 1.54) is 6.42 Å². The Labute approximate surface area is 97.9 Å². The summed E-state index contributed by atoms with van der Waals surface area (Å²) in [5.74, 6) is -0.0331. The van der Waals surface area contributed by atoms with Crippen LogP contribution < -0.4 is 11.1 Å². The highest BCUT2D eigenvalue weighted by Gasteiger charge is 2.37. The van der Waals surface area contributed by atoms with E-state index in [1.54, 1.807) is 7.11 Å². The van der Waals surface area contributed by atoms with Crippen LogP contribution in [0.5, 0.6) is 0 Å². The zero-order chi connectivity index (χ0) is 12.2. The van der Waals surface area contributed by atoms with E-state index in [0.717, 1.165) is 25.7 Å². The molecule has 0 saturated heterocycles. The van der Waals surface area contributed by atoms with Crippen LogP contribution in [-0.4, -0.2) is 30.7 Å². The van der Waals surface area contributed by atoms with Crippen molar-refractivity contribution in [3.63, 3.8) is 0 Å². The number of nitrogens with two attached hydrogens (primary N) is 1. The Kier molecular flexibility index (Phi) is 4.33. The summed E-state index contributed by atoms with van der Waals surface area (Å²) in [6.07, 6.45) is 4.88. The molecule has 1 fully saturated rings. The second-order valence-electron chi connectivity index (χ2n) is 5.49. The lowest BCUT2D eigenvalue weighted by Crippen LogP contribution is -2.60. The molecule has 3 N–H and O–H groups in total. The van der Waals surface area contributed by atoms with Crippen LogP contribution in [0.25, 0.3) is 0 Å². The molecule has 0 bridgehead atoms. The van der Waals surface area contributed by atoms with Crippen molar-refractivity contribution in [3.05, 3.63) is 0 Å². The molecule has 16 heavy (non-hydrogen) atoms. The Hall–Kier alpha value is -0.610. The normalized spacial score (nSPS) is 20.5. The third-order valence-corrected chi connectivity index (χ3v) is 3.16. The van der Waals surface area contributed by atoms with E-state index in [0.29, 0.717) is 6.61 Å². The molecule has 0 spiro atoms. The molecule has 4 heteroatoms. The minimum Gasteiger partial charge on any atom is -0.382 e. The standard InChI is InChI=1S/C12H24N2O2/c1-11(2,9-16-3)14-10(15)12(13)7-5-4-6-8-12/h4-9,13H2,1-3H3,(H,14,15). The van der Waals surface area contributed by atoms with Crippen molar-refractivity contribution in [2.45, 2.75) is 57.0 Å². The monoisotopic (exact) mass is 228 g/mol. The summed E-state index contributed by atoms with van der Waals surface area (Å²) in [4.78, 5) is 12.1. The Morgan fingerprint density at radius 3 is 2.44 bits per heavy atom. The van der Waals surface area contributed by atoms with Gasteiger partial charge in [0.25, 0.3) is 0 Å². The van der Waals surface area contributed by atoms with Gasteiger partial charge in [0.05, 0.1) is 17.7 Å². The van der Waals surface area contributed by atoms with Crippen LogP contribution in [0.2, 0.25) is 0 Å². The first-order valence-corrected chi connectivity index (χ1v) is 6.00. The summed E-state index contributed by atoms with van der Waals surface area (Å²) >= 11 is 0. The van der Waals surface area contributed by atoms with E-state index in [4.69, 9.17) is 10.5 Å². The summed E-state index contributed by atoms with van der Waals surface area (Å²) in [5.41, 5.74) is 5.14. The molecule has 0 aliphatic heterocycles. The van der Waals surface area contributed by atoms with Gasteiger partial charge in [-0.05, 0) is 26.7 Å². The smallest absolute Gasteiger partial charge is 0.240 e. The third-order valence-electron chi connectivity index (χ3n) is 3.16. The SMILES string of the molecule is COCC(C)(C)NC(=O)C1(N)CCCCC1. The number of amides is 1. The van der Waals surface area contributed by atoms with E-state index >= 15 is 0 Å². The van der Waals surface area contributed by atoms with E-state index < -0.39 is 5.54 Å². The highest BCUT2D eigenvalue weighted by atomic mass is 16.5. The van der Waals surface area contributed by atoms with Crippen molar-refractivity contribution in [1.29, 1.82) is 0 Å². The largest absolute Gasteiger partial charge is 0.382 e. The lowest BCUT2D eigenvalue weighted by atomic mass is 9.81. The number of nitrogens with one attached hydrogen (secondary N) is 1. The molecule has 1 amide bonds. The minimum absolute atomic E-state index is 0.0331. The lowest BCUT2D eigenvalue weighted by Gasteiger charge is -2.36. The first kappa shape index (κ1) is 13.5. The topological polar surface area (TPSA) is 64.3 Å². The molecule has 1 rings (SSSR count). The number of hydrogen-bond acceptors (Lipinski definition) is 3. The molecule has 0 aromatic carbocycles. The highest BCUT2D eigenvalue weighted by Crippen LogP contribution is 2.26. The summed E-state index contributed by atoms with van der Waals surface area (Å²) in [5, 5.41) is 2.98. The van der Waals surface area contributed by atoms with Gasteiger partial charge in [0.2, 0.25) is 5.91 Å². The van der Waals surface area contributed by atoms with Crippen molar-refractivity contribution in [2.24, 2.45) is 5.73 Å². The van der Waals surface area contributed by atoms with Crippen LogP contribution in [0.1, 0.15) is 46.0 Å². The van der Waals surface area contributed by atoms with Crippen LogP contribution >= 0.6 is 0 Å².